The van der Waals surface area contributed by atoms with E-state index < -0.39 is 0 Å². The van der Waals surface area contributed by atoms with Crippen molar-refractivity contribution in [2.45, 2.75) is 43.9 Å². The van der Waals surface area contributed by atoms with Crippen molar-refractivity contribution in [2.75, 3.05) is 0 Å². The third kappa shape index (κ3) is 24.6. The molecule has 0 radical (unpaired) electrons. The summed E-state index contributed by atoms with van der Waals surface area (Å²) >= 11 is 16.2. The molecule has 1 fully saturated rings. The van der Waals surface area contributed by atoms with Crippen LogP contribution in [-0.4, -0.2) is 0 Å². The first kappa shape index (κ1) is 45.8. The lowest BCUT2D eigenvalue weighted by Crippen LogP contribution is -2.26. The van der Waals surface area contributed by atoms with Crippen molar-refractivity contribution in [2.24, 2.45) is 0 Å². The zero-order chi connectivity index (χ0) is 32.9. The first-order chi connectivity index (χ1) is 22.0. The predicted octanol–water partition coefficient (Wildman–Crippen LogP) is 6.64. The minimum atomic E-state index is -0.209. The van der Waals surface area contributed by atoms with Gasteiger partial charge in [-0.1, -0.05) is 75.4 Å². The van der Waals surface area contributed by atoms with E-state index in [1.807, 2.05) is 36.4 Å². The highest BCUT2D eigenvalue weighted by molar-refractivity contribution is 9.10. The highest BCUT2D eigenvalue weighted by atomic mass is 79.9. The van der Waals surface area contributed by atoms with Gasteiger partial charge in [0.15, 0.2) is 0 Å². The van der Waals surface area contributed by atoms with Gasteiger partial charge in [-0.15, -0.1) is 0 Å². The van der Waals surface area contributed by atoms with Crippen LogP contribution in [0.15, 0.2) is 57.5 Å². The van der Waals surface area contributed by atoms with E-state index in [4.69, 9.17) is 27.6 Å². The molecular weight excluding hydrogens is 1080 g/mol. The summed E-state index contributed by atoms with van der Waals surface area (Å²) in [4.78, 5) is 0. The zero-order valence-corrected chi connectivity index (χ0v) is 41.7. The van der Waals surface area contributed by atoms with Gasteiger partial charge in [0.2, 0.25) is 0 Å². The molecule has 248 valence electrons. The number of nitriles is 2. The van der Waals surface area contributed by atoms with E-state index in [9.17, 15) is 5.26 Å². The number of benzene rings is 2. The van der Waals surface area contributed by atoms with Crippen LogP contribution in [0.5, 0.6) is 0 Å². The lowest BCUT2D eigenvalue weighted by Gasteiger charge is -2.31. The summed E-state index contributed by atoms with van der Waals surface area (Å²) in [5, 5.41) is 17.7. The van der Waals surface area contributed by atoms with Gasteiger partial charge in [0, 0.05) is 191 Å². The second-order valence-electron chi connectivity index (χ2n) is 7.45. The van der Waals surface area contributed by atoms with Gasteiger partial charge in [-0.2, -0.15) is 10.5 Å². The predicted molar refractivity (Wildman–Crippen MR) is 255 cm³/mol. The van der Waals surface area contributed by atoms with Crippen molar-refractivity contribution in [1.82, 2.24) is 0 Å². The van der Waals surface area contributed by atoms with Crippen LogP contribution in [0, 0.1) is 22.7 Å². The fraction of sp³-hybridized carbons (Fsp3) is 0.333. The minimum Gasteiger partial charge on any atom is -0.198 e. The Kier molecular flexibility index (Phi) is 33.3. The van der Waals surface area contributed by atoms with Gasteiger partial charge in [0.05, 0.1) is 24.0 Å². The summed E-state index contributed by atoms with van der Waals surface area (Å²) in [5.41, 5.74) is 2.04. The van der Waals surface area contributed by atoms with Crippen molar-refractivity contribution >= 4 is 214 Å². The Morgan fingerprint density at radius 1 is 0.556 bits per heavy atom. The lowest BCUT2D eigenvalue weighted by atomic mass is 9.70. The SMILES string of the molecule is N#CC1(c2ccc(Br)cc2)CCCCC1.N#CCc1ccc(Br)cc1.S=S=S=S=S=S=S=S=S=S=S=S=S=S=S=S=S=S=S=S. The molecule has 0 bridgehead atoms. The molecule has 0 aliphatic heterocycles. The molecule has 1 aliphatic rings. The summed E-state index contributed by atoms with van der Waals surface area (Å²) in [7, 11) is 30.8. The number of rotatable bonds is 2. The maximum atomic E-state index is 9.40. The molecule has 0 heterocycles. The van der Waals surface area contributed by atoms with E-state index in [0.717, 1.165) is 27.4 Å². The van der Waals surface area contributed by atoms with Crippen LogP contribution in [0.25, 0.3) is 0 Å². The normalized spacial score (nSPS) is 11.7. The summed E-state index contributed by atoms with van der Waals surface area (Å²) in [6.45, 7) is 0. The third-order valence-corrected chi connectivity index (χ3v) is 43.8. The molecule has 0 spiro atoms. The molecule has 3 rings (SSSR count). The molecule has 1 saturated carbocycles. The molecule has 0 aromatic heterocycles. The fourth-order valence-corrected chi connectivity index (χ4v) is 47.7. The molecule has 1 aliphatic carbocycles. The number of halogens is 2. The van der Waals surface area contributed by atoms with Crippen molar-refractivity contribution in [3.8, 4) is 12.1 Å². The quantitative estimate of drug-likeness (QED) is 0.339. The van der Waals surface area contributed by atoms with Gasteiger partial charge in [-0.25, -0.2) is 0 Å². The zero-order valence-electron chi connectivity index (χ0n) is 22.2. The van der Waals surface area contributed by atoms with E-state index in [1.54, 1.807) is 142 Å². The average molecular weight is 1100 g/mol. The van der Waals surface area contributed by atoms with Crippen molar-refractivity contribution in [3.05, 3.63) is 68.6 Å². The summed E-state index contributed by atoms with van der Waals surface area (Å²) in [5.74, 6) is 0. The van der Waals surface area contributed by atoms with Gasteiger partial charge in [-0.05, 0) is 48.2 Å². The van der Waals surface area contributed by atoms with Crippen molar-refractivity contribution in [1.29, 1.82) is 10.5 Å². The van der Waals surface area contributed by atoms with Crippen LogP contribution in [-0.2, 0) is 194 Å². The highest BCUT2D eigenvalue weighted by Gasteiger charge is 2.33. The molecule has 0 N–H and O–H groups in total. The molecule has 0 unspecified atom stereocenters. The van der Waals surface area contributed by atoms with E-state index in [-0.39, 0.29) is 5.41 Å². The standard InChI is InChI=1S/C13H14BrN.C8H6BrN.S20/c14-12-6-4-11(5-7-12)13(10-15)8-2-1-3-9-13;9-8-3-1-7(2-4-8)5-6-10;1-3-5-7-9-11-13-15-17-19-20-18-16-14-12-10-8-6-4-2/h4-7H,1-3,8-9H2;1-4H,5H2;. The van der Waals surface area contributed by atoms with Gasteiger partial charge >= 0.3 is 0 Å². The number of nitrogens with zero attached hydrogens (tertiary/aromatic N) is 2. The Hall–Kier alpha value is 2.78. The maximum absolute atomic E-state index is 9.40. The molecule has 2 aromatic rings. The van der Waals surface area contributed by atoms with E-state index in [0.29, 0.717) is 6.42 Å². The maximum Gasteiger partial charge on any atom is 0.0822 e. The first-order valence-electron chi connectivity index (χ1n) is 11.5. The first-order valence-corrected chi connectivity index (χ1v) is 38.5. The second kappa shape index (κ2) is 32.7. The minimum absolute atomic E-state index is 0.209. The average Bonchev–Trinajstić information content (AvgIpc) is 3.07. The summed E-state index contributed by atoms with van der Waals surface area (Å²) in [6.07, 6.45) is 6.18. The highest BCUT2D eigenvalue weighted by Crippen LogP contribution is 2.39. The Balaban J connectivity index is 0.000000355. The topological polar surface area (TPSA) is 47.6 Å². The Morgan fingerprint density at radius 3 is 1.24 bits per heavy atom. The van der Waals surface area contributed by atoms with Crippen LogP contribution in [0.3, 0.4) is 0 Å². The third-order valence-electron chi connectivity index (χ3n) is 4.99. The molecule has 0 atom stereocenters. The van der Waals surface area contributed by atoms with Gasteiger partial charge in [0.1, 0.15) is 0 Å². The largest absolute Gasteiger partial charge is 0.198 e. The van der Waals surface area contributed by atoms with E-state index in [1.165, 1.54) is 42.6 Å². The van der Waals surface area contributed by atoms with Crippen molar-refractivity contribution in [3.63, 3.8) is 0 Å². The second-order valence-corrected chi connectivity index (χ2v) is 41.1. The van der Waals surface area contributed by atoms with Crippen LogP contribution < -0.4 is 0 Å². The van der Waals surface area contributed by atoms with Gasteiger partial charge < -0.3 is 0 Å². The number of hydrogen-bond donors (Lipinski definition) is 0. The molecule has 24 heteroatoms. The molecule has 2 aromatic carbocycles. The molecule has 2 nitrogen and oxygen atoms in total. The van der Waals surface area contributed by atoms with Crippen molar-refractivity contribution < 1.29 is 0 Å². The molecule has 0 amide bonds. The smallest absolute Gasteiger partial charge is 0.0822 e. The monoisotopic (exact) mass is 1100 g/mol. The van der Waals surface area contributed by atoms with Crippen LogP contribution in [0.2, 0.25) is 0 Å². The summed E-state index contributed by atoms with van der Waals surface area (Å²) in [6, 6.07) is 20.6. The Bertz CT molecular complexity index is 2050. The van der Waals surface area contributed by atoms with E-state index in [2.05, 4.69) is 56.1 Å². The van der Waals surface area contributed by atoms with Crippen LogP contribution in [0.4, 0.5) is 0 Å². The van der Waals surface area contributed by atoms with Crippen LogP contribution >= 0.6 is 31.9 Å². The lowest BCUT2D eigenvalue weighted by molar-refractivity contribution is 0.366. The van der Waals surface area contributed by atoms with Gasteiger partial charge in [-0.3, -0.25) is 0 Å². The molecule has 0 saturated heterocycles. The van der Waals surface area contributed by atoms with Gasteiger partial charge in [0.25, 0.3) is 0 Å². The molecular formula is C21H20Br2N2S20. The Labute approximate surface area is 342 Å². The Morgan fingerprint density at radius 2 is 0.911 bits per heavy atom. The van der Waals surface area contributed by atoms with E-state index >= 15 is 0 Å². The van der Waals surface area contributed by atoms with Crippen LogP contribution in [0.1, 0.15) is 43.2 Å². The summed E-state index contributed by atoms with van der Waals surface area (Å²) < 4.78 is 2.13. The number of hydrogen-bond acceptors (Lipinski definition) is 4. The molecule has 45 heavy (non-hydrogen) atoms. The fourth-order valence-electron chi connectivity index (χ4n) is 3.26.